The Labute approximate surface area is 154 Å². The molecule has 1 saturated heterocycles. The first-order chi connectivity index (χ1) is 12.7. The van der Waals surface area contributed by atoms with Crippen LogP contribution in [0, 0.1) is 18.8 Å². The van der Waals surface area contributed by atoms with E-state index in [0.717, 1.165) is 31.6 Å². The Morgan fingerprint density at radius 3 is 2.58 bits per heavy atom. The summed E-state index contributed by atoms with van der Waals surface area (Å²) in [6.45, 7) is 6.14. The topological polar surface area (TPSA) is 55.6 Å². The molecule has 1 unspecified atom stereocenters. The third-order valence-electron chi connectivity index (χ3n) is 5.81. The minimum Gasteiger partial charge on any atom is -0.374 e. The van der Waals surface area contributed by atoms with E-state index in [9.17, 15) is 4.79 Å². The van der Waals surface area contributed by atoms with Gasteiger partial charge in [-0.2, -0.15) is 0 Å². The summed E-state index contributed by atoms with van der Waals surface area (Å²) in [5.74, 6) is 1.81. The van der Waals surface area contributed by atoms with Crippen LogP contribution in [0.2, 0.25) is 0 Å². The van der Waals surface area contributed by atoms with Gasteiger partial charge in [-0.1, -0.05) is 42.4 Å². The van der Waals surface area contributed by atoms with Crippen molar-refractivity contribution in [3.05, 3.63) is 52.9 Å². The number of benzene rings is 1. The van der Waals surface area contributed by atoms with Gasteiger partial charge in [0, 0.05) is 13.1 Å². The lowest BCUT2D eigenvalue weighted by Crippen LogP contribution is -2.31. The Bertz CT molecular complexity index is 757. The number of hydrogen-bond acceptors (Lipinski definition) is 4. The second kappa shape index (κ2) is 7.23. The second-order valence-electron chi connectivity index (χ2n) is 7.53. The smallest absolute Gasteiger partial charge is 0.259 e. The monoisotopic (exact) mass is 354 g/mol. The van der Waals surface area contributed by atoms with Crippen LogP contribution in [0.25, 0.3) is 0 Å². The van der Waals surface area contributed by atoms with Crippen LogP contribution in [0.1, 0.15) is 47.1 Å². The number of hydrogen-bond donors (Lipinski definition) is 0. The first kappa shape index (κ1) is 17.3. The molecule has 1 aliphatic carbocycles. The second-order valence-corrected chi connectivity index (χ2v) is 7.53. The first-order valence-electron chi connectivity index (χ1n) is 9.55. The molecule has 0 radical (unpaired) electrons. The Morgan fingerprint density at radius 2 is 1.92 bits per heavy atom. The van der Waals surface area contributed by atoms with E-state index in [-0.39, 0.29) is 5.91 Å². The van der Waals surface area contributed by atoms with E-state index < -0.39 is 0 Å². The molecule has 2 aliphatic rings. The predicted molar refractivity (Wildman–Crippen MR) is 97.8 cm³/mol. The number of amides is 1. The van der Waals surface area contributed by atoms with Crippen molar-refractivity contribution in [1.82, 2.24) is 10.1 Å². The van der Waals surface area contributed by atoms with Gasteiger partial charge in [-0.15, -0.1) is 0 Å². The van der Waals surface area contributed by atoms with E-state index in [2.05, 4.69) is 17.3 Å². The third kappa shape index (κ3) is 3.28. The highest BCUT2D eigenvalue weighted by molar-refractivity contribution is 5.96. The van der Waals surface area contributed by atoms with Crippen molar-refractivity contribution >= 4 is 5.91 Å². The normalized spacial score (nSPS) is 24.8. The van der Waals surface area contributed by atoms with Crippen LogP contribution in [0.4, 0.5) is 0 Å². The van der Waals surface area contributed by atoms with Crippen LogP contribution in [0.15, 0.2) is 34.9 Å². The number of rotatable bonds is 5. The molecular formula is C21H26N2O3. The zero-order valence-corrected chi connectivity index (χ0v) is 15.5. The first-order valence-corrected chi connectivity index (χ1v) is 9.55. The number of fused-ring (bicyclic) bond motifs is 1. The van der Waals surface area contributed by atoms with Crippen molar-refractivity contribution in [1.29, 1.82) is 0 Å². The Morgan fingerprint density at radius 1 is 1.23 bits per heavy atom. The molecular weight excluding hydrogens is 328 g/mol. The maximum atomic E-state index is 12.9. The average molecular weight is 354 g/mol. The highest BCUT2D eigenvalue weighted by Crippen LogP contribution is 2.40. The molecule has 4 rings (SSSR count). The van der Waals surface area contributed by atoms with E-state index in [4.69, 9.17) is 9.26 Å². The van der Waals surface area contributed by atoms with Crippen LogP contribution < -0.4 is 0 Å². The predicted octanol–water partition coefficient (Wildman–Crippen LogP) is 3.61. The maximum absolute atomic E-state index is 12.9. The summed E-state index contributed by atoms with van der Waals surface area (Å²) in [5, 5.41) is 4.02. The summed E-state index contributed by atoms with van der Waals surface area (Å²) < 4.78 is 11.4. The fourth-order valence-corrected chi connectivity index (χ4v) is 4.43. The molecule has 1 aromatic carbocycles. The number of aryl methyl sites for hydroxylation is 2. The number of likely N-dealkylation sites (tertiary alicyclic amines) is 1. The van der Waals surface area contributed by atoms with E-state index in [1.807, 2.05) is 36.9 Å². The molecule has 0 spiro atoms. The molecule has 2 fully saturated rings. The van der Waals surface area contributed by atoms with Gasteiger partial charge in [0.05, 0.1) is 18.4 Å². The minimum absolute atomic E-state index is 0.0803. The van der Waals surface area contributed by atoms with Gasteiger partial charge in [-0.25, -0.2) is 0 Å². The molecule has 0 bridgehead atoms. The summed E-state index contributed by atoms with van der Waals surface area (Å²) in [7, 11) is 0. The van der Waals surface area contributed by atoms with E-state index >= 15 is 0 Å². The number of ether oxygens (including phenoxy) is 1. The molecule has 1 aliphatic heterocycles. The maximum Gasteiger partial charge on any atom is 0.259 e. The van der Waals surface area contributed by atoms with Gasteiger partial charge >= 0.3 is 0 Å². The quantitative estimate of drug-likeness (QED) is 0.823. The lowest BCUT2D eigenvalue weighted by Gasteiger charge is -2.19. The van der Waals surface area contributed by atoms with Crippen LogP contribution in [0.3, 0.4) is 0 Å². The lowest BCUT2D eigenvalue weighted by molar-refractivity contribution is 0.0367. The molecule has 1 aromatic heterocycles. The van der Waals surface area contributed by atoms with Crippen LogP contribution in [0.5, 0.6) is 0 Å². The Balaban J connectivity index is 1.33. The summed E-state index contributed by atoms with van der Waals surface area (Å²) in [4.78, 5) is 14.9. The van der Waals surface area contributed by atoms with Crippen molar-refractivity contribution in [2.75, 3.05) is 13.1 Å². The van der Waals surface area contributed by atoms with Gasteiger partial charge < -0.3 is 14.2 Å². The highest BCUT2D eigenvalue weighted by atomic mass is 16.5. The minimum atomic E-state index is 0.0803. The highest BCUT2D eigenvalue weighted by Gasteiger charge is 2.43. The Kier molecular flexibility index (Phi) is 4.81. The molecule has 2 aromatic rings. The fraction of sp³-hybridized carbons (Fsp3) is 0.524. The van der Waals surface area contributed by atoms with Crippen LogP contribution in [-0.4, -0.2) is 35.2 Å². The molecule has 3 atom stereocenters. The molecule has 138 valence electrons. The number of aromatic nitrogens is 1. The third-order valence-corrected chi connectivity index (χ3v) is 5.81. The summed E-state index contributed by atoms with van der Waals surface area (Å²) in [6.07, 6.45) is 3.12. The largest absolute Gasteiger partial charge is 0.374 e. The van der Waals surface area contributed by atoms with Gasteiger partial charge in [-0.3, -0.25) is 4.79 Å². The molecule has 2 heterocycles. The zero-order chi connectivity index (χ0) is 18.1. The average Bonchev–Trinajstić information content (AvgIpc) is 3.32. The van der Waals surface area contributed by atoms with E-state index in [1.54, 1.807) is 0 Å². The van der Waals surface area contributed by atoms with Gasteiger partial charge in [0.1, 0.15) is 11.3 Å². The lowest BCUT2D eigenvalue weighted by atomic mass is 10.0. The van der Waals surface area contributed by atoms with Gasteiger partial charge in [0.2, 0.25) is 0 Å². The van der Waals surface area contributed by atoms with Crippen molar-refractivity contribution < 1.29 is 14.1 Å². The number of carbonyl (C=O) groups excluding carboxylic acids is 1. The van der Waals surface area contributed by atoms with E-state index in [1.165, 1.54) is 5.56 Å². The summed E-state index contributed by atoms with van der Waals surface area (Å²) >= 11 is 0. The molecule has 5 heteroatoms. The van der Waals surface area contributed by atoms with Crippen molar-refractivity contribution in [3.63, 3.8) is 0 Å². The van der Waals surface area contributed by atoms with Crippen LogP contribution >= 0.6 is 0 Å². The van der Waals surface area contributed by atoms with Crippen molar-refractivity contribution in [3.8, 4) is 0 Å². The molecule has 26 heavy (non-hydrogen) atoms. The SMILES string of the molecule is CCc1noc(C)c1C(=O)N1C[C@H]2CC(OCc3ccccc3)C[C@H]2C1. The fourth-order valence-electron chi connectivity index (χ4n) is 4.43. The summed E-state index contributed by atoms with van der Waals surface area (Å²) in [6, 6.07) is 10.3. The van der Waals surface area contributed by atoms with Crippen molar-refractivity contribution in [2.45, 2.75) is 45.8 Å². The van der Waals surface area contributed by atoms with Gasteiger partial charge in [0.25, 0.3) is 5.91 Å². The summed E-state index contributed by atoms with van der Waals surface area (Å²) in [5.41, 5.74) is 2.66. The number of nitrogens with zero attached hydrogens (tertiary/aromatic N) is 2. The van der Waals surface area contributed by atoms with E-state index in [0.29, 0.717) is 42.3 Å². The van der Waals surface area contributed by atoms with Crippen LogP contribution in [-0.2, 0) is 17.8 Å². The molecule has 1 amide bonds. The molecule has 1 saturated carbocycles. The molecule has 0 N–H and O–H groups in total. The van der Waals surface area contributed by atoms with Gasteiger partial charge in [0.15, 0.2) is 0 Å². The van der Waals surface area contributed by atoms with Gasteiger partial charge in [-0.05, 0) is 43.6 Å². The van der Waals surface area contributed by atoms with Crippen molar-refractivity contribution in [2.24, 2.45) is 11.8 Å². The molecule has 5 nitrogen and oxygen atoms in total. The zero-order valence-electron chi connectivity index (χ0n) is 15.5. The standard InChI is InChI=1S/C21H26N2O3/c1-3-19-20(14(2)26-22-19)21(24)23-11-16-9-18(10-17(16)12-23)25-13-15-7-5-4-6-8-15/h4-8,16-18H,3,9-13H2,1-2H3/t16-,17+,18?. The Hall–Kier alpha value is -2.14. The number of carbonyl (C=O) groups is 1.